The first kappa shape index (κ1) is 16.3. The summed E-state index contributed by atoms with van der Waals surface area (Å²) in [5, 5.41) is 3.34. The van der Waals surface area contributed by atoms with Crippen LogP contribution in [0.2, 0.25) is 6.55 Å². The molecule has 0 radical (unpaired) electrons. The van der Waals surface area contributed by atoms with Crippen LogP contribution in [0.3, 0.4) is 0 Å². The topological polar surface area (TPSA) is 39.7 Å². The van der Waals surface area contributed by atoms with Crippen LogP contribution in [-0.4, -0.2) is 35.2 Å². The second kappa shape index (κ2) is 9.22. The van der Waals surface area contributed by atoms with E-state index >= 15 is 0 Å². The van der Waals surface area contributed by atoms with Crippen molar-refractivity contribution in [1.29, 1.82) is 0 Å². The molecule has 0 aromatic heterocycles. The molecule has 0 fully saturated rings. The Kier molecular flexibility index (Phi) is 7.93. The van der Waals surface area contributed by atoms with Gasteiger partial charge in [-0.05, 0) is 19.4 Å². The molecule has 5 heteroatoms. The van der Waals surface area contributed by atoms with Gasteiger partial charge < -0.3 is 18.6 Å². The SMILES string of the molecule is CCO[Si](C)(OCC)OCCNCc1ccccc1. The summed E-state index contributed by atoms with van der Waals surface area (Å²) in [7, 11) is -2.42. The average molecular weight is 283 g/mol. The zero-order valence-electron chi connectivity index (χ0n) is 12.1. The third-order valence-corrected chi connectivity index (χ3v) is 4.98. The van der Waals surface area contributed by atoms with Gasteiger partial charge in [0.1, 0.15) is 0 Å². The maximum atomic E-state index is 5.78. The molecule has 0 aliphatic carbocycles. The van der Waals surface area contributed by atoms with Crippen LogP contribution in [0.25, 0.3) is 0 Å². The molecule has 0 saturated carbocycles. The fraction of sp³-hybridized carbons (Fsp3) is 0.571. The normalized spacial score (nSPS) is 11.7. The molecule has 0 bridgehead atoms. The summed E-state index contributed by atoms with van der Waals surface area (Å²) in [6.07, 6.45) is 0. The predicted molar refractivity (Wildman–Crippen MR) is 79.0 cm³/mol. The first-order valence-electron chi connectivity index (χ1n) is 6.86. The highest BCUT2D eigenvalue weighted by Gasteiger charge is 2.33. The smallest absolute Gasteiger partial charge is 0.374 e. The first-order chi connectivity index (χ1) is 9.20. The van der Waals surface area contributed by atoms with Gasteiger partial charge in [0, 0.05) is 32.9 Å². The van der Waals surface area contributed by atoms with Gasteiger partial charge in [-0.15, -0.1) is 0 Å². The van der Waals surface area contributed by atoms with Gasteiger partial charge in [-0.1, -0.05) is 30.3 Å². The monoisotopic (exact) mass is 283 g/mol. The third kappa shape index (κ3) is 6.84. The van der Waals surface area contributed by atoms with Crippen LogP contribution in [0.4, 0.5) is 0 Å². The fourth-order valence-electron chi connectivity index (χ4n) is 1.79. The largest absolute Gasteiger partial charge is 0.497 e. The van der Waals surface area contributed by atoms with Crippen LogP contribution < -0.4 is 5.32 Å². The summed E-state index contributed by atoms with van der Waals surface area (Å²) in [5.74, 6) is 0. The van der Waals surface area contributed by atoms with Crippen molar-refractivity contribution in [3.05, 3.63) is 35.9 Å². The van der Waals surface area contributed by atoms with Gasteiger partial charge in [-0.2, -0.15) is 0 Å². The van der Waals surface area contributed by atoms with Crippen LogP contribution in [0.15, 0.2) is 30.3 Å². The Labute approximate surface area is 117 Å². The molecule has 1 N–H and O–H groups in total. The number of nitrogens with one attached hydrogen (secondary N) is 1. The number of rotatable bonds is 10. The van der Waals surface area contributed by atoms with Crippen LogP contribution >= 0.6 is 0 Å². The lowest BCUT2D eigenvalue weighted by atomic mass is 10.2. The summed E-state index contributed by atoms with van der Waals surface area (Å²) in [6, 6.07) is 10.3. The van der Waals surface area contributed by atoms with Gasteiger partial charge in [-0.25, -0.2) is 0 Å². The summed E-state index contributed by atoms with van der Waals surface area (Å²) in [4.78, 5) is 0. The molecule has 0 atom stereocenters. The average Bonchev–Trinajstić information content (AvgIpc) is 2.40. The van der Waals surface area contributed by atoms with E-state index in [2.05, 4.69) is 17.4 Å². The summed E-state index contributed by atoms with van der Waals surface area (Å²) >= 11 is 0. The highest BCUT2D eigenvalue weighted by molar-refractivity contribution is 6.59. The van der Waals surface area contributed by atoms with Crippen LogP contribution in [0.5, 0.6) is 0 Å². The predicted octanol–water partition coefficient (Wildman–Crippen LogP) is 2.43. The zero-order chi connectivity index (χ0) is 14.0. The molecule has 4 nitrogen and oxygen atoms in total. The van der Waals surface area contributed by atoms with E-state index in [1.807, 2.05) is 38.6 Å². The first-order valence-corrected chi connectivity index (χ1v) is 9.09. The summed E-state index contributed by atoms with van der Waals surface area (Å²) in [6.45, 7) is 9.36. The lowest BCUT2D eigenvalue weighted by Gasteiger charge is -2.25. The molecule has 0 saturated heterocycles. The molecule has 108 valence electrons. The van der Waals surface area contributed by atoms with Crippen molar-refractivity contribution in [2.75, 3.05) is 26.4 Å². The van der Waals surface area contributed by atoms with Gasteiger partial charge >= 0.3 is 8.80 Å². The molecule has 0 unspecified atom stereocenters. The van der Waals surface area contributed by atoms with Crippen molar-refractivity contribution in [3.8, 4) is 0 Å². The zero-order valence-corrected chi connectivity index (χ0v) is 13.1. The van der Waals surface area contributed by atoms with E-state index in [1.54, 1.807) is 0 Å². The van der Waals surface area contributed by atoms with Crippen molar-refractivity contribution in [2.24, 2.45) is 0 Å². The van der Waals surface area contributed by atoms with E-state index in [0.29, 0.717) is 19.8 Å². The van der Waals surface area contributed by atoms with E-state index in [0.717, 1.165) is 13.1 Å². The van der Waals surface area contributed by atoms with Crippen LogP contribution in [0, 0.1) is 0 Å². The number of hydrogen-bond donors (Lipinski definition) is 1. The van der Waals surface area contributed by atoms with Crippen molar-refractivity contribution < 1.29 is 13.3 Å². The third-order valence-electron chi connectivity index (χ3n) is 2.63. The second-order valence-electron chi connectivity index (χ2n) is 4.24. The molecule has 1 aromatic rings. The van der Waals surface area contributed by atoms with E-state index < -0.39 is 8.80 Å². The van der Waals surface area contributed by atoms with Gasteiger partial charge in [0.2, 0.25) is 0 Å². The molecule has 0 spiro atoms. The Hall–Kier alpha value is -0.723. The highest BCUT2D eigenvalue weighted by Crippen LogP contribution is 2.08. The molecule has 0 heterocycles. The minimum atomic E-state index is -2.42. The van der Waals surface area contributed by atoms with Crippen molar-refractivity contribution >= 4 is 8.80 Å². The Morgan fingerprint density at radius 2 is 1.63 bits per heavy atom. The molecular formula is C14H25NO3Si. The fourth-order valence-corrected chi connectivity index (χ4v) is 3.56. The molecule has 0 amide bonds. The maximum Gasteiger partial charge on any atom is 0.497 e. The quantitative estimate of drug-likeness (QED) is 0.529. The molecule has 1 rings (SSSR count). The van der Waals surface area contributed by atoms with E-state index in [9.17, 15) is 0 Å². The van der Waals surface area contributed by atoms with Gasteiger partial charge in [0.25, 0.3) is 0 Å². The summed E-state index contributed by atoms with van der Waals surface area (Å²) in [5.41, 5.74) is 1.28. The van der Waals surface area contributed by atoms with E-state index in [-0.39, 0.29) is 0 Å². The molecular weight excluding hydrogens is 258 g/mol. The van der Waals surface area contributed by atoms with Crippen molar-refractivity contribution in [1.82, 2.24) is 5.32 Å². The summed E-state index contributed by atoms with van der Waals surface area (Å²) < 4.78 is 17.0. The van der Waals surface area contributed by atoms with Crippen molar-refractivity contribution in [2.45, 2.75) is 26.9 Å². The maximum absolute atomic E-state index is 5.78. The van der Waals surface area contributed by atoms with Gasteiger partial charge in [0.15, 0.2) is 0 Å². The second-order valence-corrected chi connectivity index (χ2v) is 6.83. The Morgan fingerprint density at radius 3 is 2.21 bits per heavy atom. The molecule has 0 aliphatic heterocycles. The van der Waals surface area contributed by atoms with E-state index in [4.69, 9.17) is 13.3 Å². The van der Waals surface area contributed by atoms with E-state index in [1.165, 1.54) is 5.56 Å². The van der Waals surface area contributed by atoms with Gasteiger partial charge in [-0.3, -0.25) is 0 Å². The Morgan fingerprint density at radius 1 is 1.00 bits per heavy atom. The minimum Gasteiger partial charge on any atom is -0.374 e. The van der Waals surface area contributed by atoms with Gasteiger partial charge in [0.05, 0.1) is 6.61 Å². The van der Waals surface area contributed by atoms with Crippen LogP contribution in [0.1, 0.15) is 19.4 Å². The minimum absolute atomic E-state index is 0.607. The Balaban J connectivity index is 2.18. The number of benzene rings is 1. The van der Waals surface area contributed by atoms with Crippen LogP contribution in [-0.2, 0) is 19.8 Å². The van der Waals surface area contributed by atoms with Crippen molar-refractivity contribution in [3.63, 3.8) is 0 Å². The highest BCUT2D eigenvalue weighted by atomic mass is 28.4. The lowest BCUT2D eigenvalue weighted by molar-refractivity contribution is 0.0745. The lowest BCUT2D eigenvalue weighted by Crippen LogP contribution is -2.44. The number of hydrogen-bond acceptors (Lipinski definition) is 4. The standard InChI is InChI=1S/C14H25NO3Si/c1-4-16-19(3,17-5-2)18-12-11-15-13-14-9-7-6-8-10-14/h6-10,15H,4-5,11-13H2,1-3H3. The Bertz CT molecular complexity index is 329. The molecule has 19 heavy (non-hydrogen) atoms. The molecule has 1 aromatic carbocycles. The molecule has 0 aliphatic rings.